The fourth-order valence-electron chi connectivity index (χ4n) is 1.95. The quantitative estimate of drug-likeness (QED) is 0.826. The summed E-state index contributed by atoms with van der Waals surface area (Å²) >= 11 is 4.08. The average Bonchev–Trinajstić information content (AvgIpc) is 2.14. The van der Waals surface area contributed by atoms with Crippen LogP contribution < -0.4 is 4.72 Å². The molecule has 0 unspecified atom stereocenters. The molecule has 0 saturated carbocycles. The van der Waals surface area contributed by atoms with Crippen molar-refractivity contribution in [3.05, 3.63) is 28.8 Å². The van der Waals surface area contributed by atoms with Gasteiger partial charge in [0.05, 0.1) is 4.90 Å². The van der Waals surface area contributed by atoms with E-state index >= 15 is 0 Å². The fourth-order valence-corrected chi connectivity index (χ4v) is 3.86. The second-order valence-electron chi connectivity index (χ2n) is 4.43. The maximum atomic E-state index is 12.2. The Morgan fingerprint density at radius 1 is 1.24 bits per heavy atom. The minimum Gasteiger partial charge on any atom is -0.208 e. The zero-order valence-electron chi connectivity index (χ0n) is 10.6. The highest BCUT2D eigenvalue weighted by Crippen LogP contribution is 2.21. The Morgan fingerprint density at radius 2 is 1.71 bits per heavy atom. The molecule has 1 rings (SSSR count). The van der Waals surface area contributed by atoms with E-state index in [0.29, 0.717) is 10.6 Å². The van der Waals surface area contributed by atoms with E-state index < -0.39 is 10.0 Å². The minimum absolute atomic E-state index is 0.177. The third kappa shape index (κ3) is 3.47. The molecule has 17 heavy (non-hydrogen) atoms. The van der Waals surface area contributed by atoms with E-state index in [-0.39, 0.29) is 6.04 Å². The predicted octanol–water partition coefficient (Wildman–Crippen LogP) is 2.21. The smallest absolute Gasteiger partial charge is 0.208 e. The number of sulfonamides is 1. The molecule has 96 valence electrons. The molecule has 1 aromatic rings. The highest BCUT2D eigenvalue weighted by molar-refractivity contribution is 7.89. The van der Waals surface area contributed by atoms with Crippen molar-refractivity contribution in [2.75, 3.05) is 5.75 Å². The van der Waals surface area contributed by atoms with E-state index in [1.54, 1.807) is 6.92 Å². The van der Waals surface area contributed by atoms with Crippen molar-refractivity contribution in [1.29, 1.82) is 0 Å². The molecule has 0 aliphatic carbocycles. The molecule has 0 spiro atoms. The van der Waals surface area contributed by atoms with Crippen molar-refractivity contribution in [2.45, 2.75) is 38.6 Å². The van der Waals surface area contributed by atoms with Gasteiger partial charge in [-0.15, -0.1) is 0 Å². The van der Waals surface area contributed by atoms with Gasteiger partial charge >= 0.3 is 0 Å². The van der Waals surface area contributed by atoms with Crippen LogP contribution in [-0.2, 0) is 10.0 Å². The molecule has 0 aliphatic rings. The first-order valence-corrected chi connectivity index (χ1v) is 7.60. The molecule has 0 fully saturated rings. The first-order valence-electron chi connectivity index (χ1n) is 5.49. The van der Waals surface area contributed by atoms with Gasteiger partial charge in [0.25, 0.3) is 0 Å². The maximum absolute atomic E-state index is 12.2. The van der Waals surface area contributed by atoms with Gasteiger partial charge in [0.1, 0.15) is 0 Å². The SMILES string of the molecule is Cc1cc(C)c(S(=O)(=O)N[C@H](C)CS)c(C)c1. The summed E-state index contributed by atoms with van der Waals surface area (Å²) in [5.74, 6) is 0.475. The van der Waals surface area contributed by atoms with Crippen molar-refractivity contribution in [2.24, 2.45) is 0 Å². The highest BCUT2D eigenvalue weighted by Gasteiger charge is 2.21. The fraction of sp³-hybridized carbons (Fsp3) is 0.500. The number of nitrogens with one attached hydrogen (secondary N) is 1. The number of aryl methyl sites for hydroxylation is 3. The average molecular weight is 273 g/mol. The molecule has 0 bridgehead atoms. The molecule has 1 atom stereocenters. The van der Waals surface area contributed by atoms with Gasteiger partial charge in [0.2, 0.25) is 10.0 Å². The Bertz CT molecular complexity index is 486. The number of hydrogen-bond donors (Lipinski definition) is 2. The van der Waals surface area contributed by atoms with Crippen LogP contribution in [0.1, 0.15) is 23.6 Å². The summed E-state index contributed by atoms with van der Waals surface area (Å²) in [7, 11) is -3.45. The first-order chi connectivity index (χ1) is 7.77. The predicted molar refractivity (Wildman–Crippen MR) is 74.3 cm³/mol. The standard InChI is InChI=1S/C12H19NO2S2/c1-8-5-9(2)12(10(3)6-8)17(14,15)13-11(4)7-16/h5-6,11,13,16H,7H2,1-4H3/t11-/m1/s1. The second-order valence-corrected chi connectivity index (χ2v) is 6.45. The zero-order valence-corrected chi connectivity index (χ0v) is 12.3. The summed E-state index contributed by atoms with van der Waals surface area (Å²) in [5, 5.41) is 0. The van der Waals surface area contributed by atoms with Gasteiger partial charge in [-0.2, -0.15) is 12.6 Å². The van der Waals surface area contributed by atoms with Crippen molar-refractivity contribution in [1.82, 2.24) is 4.72 Å². The maximum Gasteiger partial charge on any atom is 0.241 e. The van der Waals surface area contributed by atoms with Crippen LogP contribution in [0.15, 0.2) is 17.0 Å². The summed E-state index contributed by atoms with van der Waals surface area (Å²) in [4.78, 5) is 0.386. The molecule has 3 nitrogen and oxygen atoms in total. The van der Waals surface area contributed by atoms with E-state index in [0.717, 1.165) is 16.7 Å². The van der Waals surface area contributed by atoms with Crippen LogP contribution in [0.2, 0.25) is 0 Å². The van der Waals surface area contributed by atoms with Crippen LogP contribution in [-0.4, -0.2) is 20.2 Å². The second kappa shape index (κ2) is 5.42. The van der Waals surface area contributed by atoms with E-state index in [1.807, 2.05) is 32.9 Å². The molecular formula is C12H19NO2S2. The van der Waals surface area contributed by atoms with Gasteiger partial charge in [0.15, 0.2) is 0 Å². The molecular weight excluding hydrogens is 254 g/mol. The Morgan fingerprint density at radius 3 is 2.12 bits per heavy atom. The van der Waals surface area contributed by atoms with E-state index in [1.165, 1.54) is 0 Å². The number of rotatable bonds is 4. The normalized spacial score (nSPS) is 13.7. The van der Waals surface area contributed by atoms with Crippen LogP contribution in [0.5, 0.6) is 0 Å². The molecule has 5 heteroatoms. The van der Waals surface area contributed by atoms with E-state index in [9.17, 15) is 8.42 Å². The monoisotopic (exact) mass is 273 g/mol. The summed E-state index contributed by atoms with van der Waals surface area (Å²) in [6.45, 7) is 7.39. The summed E-state index contributed by atoms with van der Waals surface area (Å²) in [6.07, 6.45) is 0. The zero-order chi connectivity index (χ0) is 13.2. The van der Waals surface area contributed by atoms with Crippen LogP contribution in [0, 0.1) is 20.8 Å². The third-order valence-electron chi connectivity index (χ3n) is 2.50. The van der Waals surface area contributed by atoms with Gasteiger partial charge < -0.3 is 0 Å². The highest BCUT2D eigenvalue weighted by atomic mass is 32.2. The van der Waals surface area contributed by atoms with E-state index in [2.05, 4.69) is 17.4 Å². The lowest BCUT2D eigenvalue weighted by Gasteiger charge is -2.16. The molecule has 0 amide bonds. The third-order valence-corrected chi connectivity index (χ3v) is 4.95. The van der Waals surface area contributed by atoms with Crippen LogP contribution in [0.25, 0.3) is 0 Å². The Labute approximate surface area is 109 Å². The Kier molecular flexibility index (Phi) is 4.63. The van der Waals surface area contributed by atoms with Gasteiger partial charge in [-0.1, -0.05) is 17.7 Å². The topological polar surface area (TPSA) is 46.2 Å². The molecule has 1 aromatic carbocycles. The van der Waals surface area contributed by atoms with Crippen molar-refractivity contribution < 1.29 is 8.42 Å². The lowest BCUT2D eigenvalue weighted by atomic mass is 10.1. The van der Waals surface area contributed by atoms with Gasteiger partial charge in [-0.3, -0.25) is 0 Å². The van der Waals surface area contributed by atoms with Crippen LogP contribution >= 0.6 is 12.6 Å². The van der Waals surface area contributed by atoms with Crippen LogP contribution in [0.3, 0.4) is 0 Å². The lowest BCUT2D eigenvalue weighted by Crippen LogP contribution is -2.34. The number of benzene rings is 1. The van der Waals surface area contributed by atoms with E-state index in [4.69, 9.17) is 0 Å². The van der Waals surface area contributed by atoms with Crippen molar-refractivity contribution in [3.8, 4) is 0 Å². The Balaban J connectivity index is 3.25. The molecule has 0 saturated heterocycles. The van der Waals surface area contributed by atoms with Crippen LogP contribution in [0.4, 0.5) is 0 Å². The first kappa shape index (κ1) is 14.5. The lowest BCUT2D eigenvalue weighted by molar-refractivity contribution is 0.570. The largest absolute Gasteiger partial charge is 0.241 e. The number of hydrogen-bond acceptors (Lipinski definition) is 3. The molecule has 0 radical (unpaired) electrons. The molecule has 0 aromatic heterocycles. The van der Waals surface area contributed by atoms with Gasteiger partial charge in [-0.05, 0) is 38.8 Å². The minimum atomic E-state index is -3.45. The van der Waals surface area contributed by atoms with Gasteiger partial charge in [0, 0.05) is 11.8 Å². The Hall–Kier alpha value is -0.520. The molecule has 0 aliphatic heterocycles. The van der Waals surface area contributed by atoms with Gasteiger partial charge in [-0.25, -0.2) is 13.1 Å². The molecule has 1 N–H and O–H groups in total. The van der Waals surface area contributed by atoms with Crippen molar-refractivity contribution >= 4 is 22.7 Å². The van der Waals surface area contributed by atoms with Crippen molar-refractivity contribution in [3.63, 3.8) is 0 Å². The summed E-state index contributed by atoms with van der Waals surface area (Å²) < 4.78 is 27.0. The molecule has 0 heterocycles. The summed E-state index contributed by atoms with van der Waals surface area (Å²) in [5.41, 5.74) is 2.63. The number of thiol groups is 1. The summed E-state index contributed by atoms with van der Waals surface area (Å²) in [6, 6.07) is 3.59.